The molecule has 0 unspecified atom stereocenters. The average Bonchev–Trinajstić information content (AvgIpc) is 3.61. The second-order valence-electron chi connectivity index (χ2n) is 7.27. The van der Waals surface area contributed by atoms with Crippen LogP contribution in [-0.4, -0.2) is 18.1 Å². The number of nitrogens with one attached hydrogen (secondary N) is 2. The lowest BCUT2D eigenvalue weighted by Crippen LogP contribution is -2.37. The summed E-state index contributed by atoms with van der Waals surface area (Å²) < 4.78 is 11.3. The highest BCUT2D eigenvalue weighted by atomic mass is 16.5. The largest absolute Gasteiger partial charge is 0.497 e. The van der Waals surface area contributed by atoms with E-state index in [0.29, 0.717) is 34.6 Å². The van der Waals surface area contributed by atoms with Crippen molar-refractivity contribution in [3.63, 3.8) is 0 Å². The zero-order chi connectivity index (χ0) is 20.7. The second-order valence-corrected chi connectivity index (χ2v) is 7.27. The van der Waals surface area contributed by atoms with Gasteiger partial charge in [-0.2, -0.15) is 0 Å². The van der Waals surface area contributed by atoms with Crippen molar-refractivity contribution >= 4 is 28.0 Å². The molecule has 1 aliphatic rings. The number of anilines is 3. The van der Waals surface area contributed by atoms with E-state index in [4.69, 9.17) is 9.47 Å². The number of pyridine rings is 1. The van der Waals surface area contributed by atoms with Crippen LogP contribution < -0.4 is 31.0 Å². The van der Waals surface area contributed by atoms with Crippen LogP contribution in [0.3, 0.4) is 0 Å². The molecule has 3 aromatic carbocycles. The third kappa shape index (κ3) is 3.34. The smallest absolute Gasteiger partial charge is 0.253 e. The maximum absolute atomic E-state index is 11.9. The van der Waals surface area contributed by atoms with E-state index in [-0.39, 0.29) is 0 Å². The SMILES string of the molecule is COc1ccc2c(Oc3ccc(Nc4c(NC5CC5)c(=O)c4=O)cc3)ccnc2c1. The molecule has 0 radical (unpaired) electrons. The molecule has 0 spiro atoms. The number of fused-ring (bicyclic) bond motifs is 1. The summed E-state index contributed by atoms with van der Waals surface area (Å²) in [5.41, 5.74) is 1.26. The average molecular weight is 401 g/mol. The minimum absolute atomic E-state index is 0.305. The van der Waals surface area contributed by atoms with Gasteiger partial charge in [-0.3, -0.25) is 14.6 Å². The number of benzene rings is 2. The van der Waals surface area contributed by atoms with Gasteiger partial charge in [0.15, 0.2) is 0 Å². The topological polar surface area (TPSA) is 89.5 Å². The van der Waals surface area contributed by atoms with Crippen LogP contribution in [0.25, 0.3) is 10.9 Å². The molecule has 2 N–H and O–H groups in total. The van der Waals surface area contributed by atoms with Gasteiger partial charge in [-0.05, 0) is 55.3 Å². The molecule has 1 saturated carbocycles. The van der Waals surface area contributed by atoms with Gasteiger partial charge in [0, 0.05) is 29.4 Å². The first-order chi connectivity index (χ1) is 14.6. The molecule has 1 heterocycles. The number of rotatable bonds is 7. The fourth-order valence-electron chi connectivity index (χ4n) is 3.28. The van der Waals surface area contributed by atoms with Crippen molar-refractivity contribution in [2.75, 3.05) is 17.7 Å². The molecule has 0 saturated heterocycles. The van der Waals surface area contributed by atoms with E-state index in [1.54, 1.807) is 43.6 Å². The third-order valence-corrected chi connectivity index (χ3v) is 5.10. The van der Waals surface area contributed by atoms with Crippen LogP contribution >= 0.6 is 0 Å². The summed E-state index contributed by atoms with van der Waals surface area (Å²) in [5, 5.41) is 7.03. The second kappa shape index (κ2) is 7.18. The minimum atomic E-state index is -0.489. The van der Waals surface area contributed by atoms with Gasteiger partial charge in [0.05, 0.1) is 12.6 Å². The Bertz CT molecular complexity index is 1300. The maximum Gasteiger partial charge on any atom is 0.253 e. The summed E-state index contributed by atoms with van der Waals surface area (Å²) in [6.45, 7) is 0. The predicted octanol–water partition coefficient (Wildman–Crippen LogP) is 3.95. The molecule has 0 atom stereocenters. The predicted molar refractivity (Wildman–Crippen MR) is 116 cm³/mol. The fourth-order valence-corrected chi connectivity index (χ4v) is 3.28. The number of nitrogens with zero attached hydrogens (tertiary/aromatic N) is 1. The minimum Gasteiger partial charge on any atom is -0.497 e. The van der Waals surface area contributed by atoms with Crippen molar-refractivity contribution in [1.29, 1.82) is 0 Å². The maximum atomic E-state index is 11.9. The zero-order valence-corrected chi connectivity index (χ0v) is 16.3. The van der Waals surface area contributed by atoms with Crippen LogP contribution in [0.15, 0.2) is 64.3 Å². The number of hydrogen-bond donors (Lipinski definition) is 2. The lowest BCUT2D eigenvalue weighted by Gasteiger charge is -2.15. The fraction of sp³-hybridized carbons (Fsp3) is 0.174. The Balaban J connectivity index is 1.34. The first-order valence-electron chi connectivity index (χ1n) is 9.70. The molecule has 5 rings (SSSR count). The Morgan fingerprint density at radius 2 is 1.67 bits per heavy atom. The molecule has 1 fully saturated rings. The molecule has 7 nitrogen and oxygen atoms in total. The van der Waals surface area contributed by atoms with Gasteiger partial charge in [-0.15, -0.1) is 0 Å². The van der Waals surface area contributed by atoms with Crippen LogP contribution in [0.5, 0.6) is 17.2 Å². The summed E-state index contributed by atoms with van der Waals surface area (Å²) >= 11 is 0. The molecule has 150 valence electrons. The van der Waals surface area contributed by atoms with Crippen LogP contribution in [0.4, 0.5) is 17.1 Å². The molecule has 7 heteroatoms. The van der Waals surface area contributed by atoms with E-state index >= 15 is 0 Å². The summed E-state index contributed by atoms with van der Waals surface area (Å²) in [6.07, 6.45) is 3.74. The molecule has 0 bridgehead atoms. The highest BCUT2D eigenvalue weighted by Crippen LogP contribution is 2.32. The van der Waals surface area contributed by atoms with Gasteiger partial charge in [-0.25, -0.2) is 0 Å². The molecular weight excluding hydrogens is 382 g/mol. The van der Waals surface area contributed by atoms with Gasteiger partial charge >= 0.3 is 0 Å². The van der Waals surface area contributed by atoms with Crippen LogP contribution in [0.2, 0.25) is 0 Å². The molecule has 0 aliphatic heterocycles. The summed E-state index contributed by atoms with van der Waals surface area (Å²) in [7, 11) is 1.62. The van der Waals surface area contributed by atoms with E-state index < -0.39 is 10.9 Å². The summed E-state index contributed by atoms with van der Waals surface area (Å²) in [4.78, 5) is 28.1. The Kier molecular flexibility index (Phi) is 4.35. The van der Waals surface area contributed by atoms with Gasteiger partial charge in [0.25, 0.3) is 10.9 Å². The lowest BCUT2D eigenvalue weighted by molar-refractivity contribution is 0.415. The van der Waals surface area contributed by atoms with Crippen molar-refractivity contribution in [2.45, 2.75) is 18.9 Å². The Morgan fingerprint density at radius 3 is 2.40 bits per heavy atom. The molecule has 1 aliphatic carbocycles. The lowest BCUT2D eigenvalue weighted by atomic mass is 10.1. The van der Waals surface area contributed by atoms with Gasteiger partial charge in [0.1, 0.15) is 28.6 Å². The third-order valence-electron chi connectivity index (χ3n) is 5.10. The summed E-state index contributed by atoms with van der Waals surface area (Å²) in [6, 6.07) is 15.0. The van der Waals surface area contributed by atoms with E-state index in [1.807, 2.05) is 18.2 Å². The van der Waals surface area contributed by atoms with Crippen LogP contribution in [0, 0.1) is 0 Å². The van der Waals surface area contributed by atoms with E-state index in [9.17, 15) is 9.59 Å². The molecule has 0 amide bonds. The van der Waals surface area contributed by atoms with Crippen molar-refractivity contribution in [3.8, 4) is 17.2 Å². The van der Waals surface area contributed by atoms with Crippen molar-refractivity contribution in [2.24, 2.45) is 0 Å². The first-order valence-corrected chi connectivity index (χ1v) is 9.70. The van der Waals surface area contributed by atoms with Crippen molar-refractivity contribution < 1.29 is 9.47 Å². The Labute approximate surface area is 172 Å². The quantitative estimate of drug-likeness (QED) is 0.453. The highest BCUT2D eigenvalue weighted by Gasteiger charge is 2.28. The number of ether oxygens (including phenoxy) is 2. The molecule has 4 aromatic rings. The normalized spacial score (nSPS) is 13.4. The van der Waals surface area contributed by atoms with Crippen LogP contribution in [0.1, 0.15) is 12.8 Å². The molecular formula is C23H19N3O4. The number of methoxy groups -OCH3 is 1. The van der Waals surface area contributed by atoms with E-state index in [1.165, 1.54) is 0 Å². The van der Waals surface area contributed by atoms with Crippen molar-refractivity contribution in [3.05, 3.63) is 75.2 Å². The first kappa shape index (κ1) is 18.2. The molecule has 30 heavy (non-hydrogen) atoms. The van der Waals surface area contributed by atoms with Crippen molar-refractivity contribution in [1.82, 2.24) is 4.98 Å². The summed E-state index contributed by atoms with van der Waals surface area (Å²) in [5.74, 6) is 2.06. The Hall–Kier alpha value is -3.87. The number of hydrogen-bond acceptors (Lipinski definition) is 7. The van der Waals surface area contributed by atoms with E-state index in [0.717, 1.165) is 29.5 Å². The standard InChI is InChI=1S/C23H19N3O4/c1-29-16-8-9-17-18(12-16)24-11-10-19(17)30-15-6-4-14(5-7-15)26-21-20(22(27)23(21)28)25-13-2-3-13/h4-13,25-26H,2-3H2,1H3. The van der Waals surface area contributed by atoms with Gasteiger partial charge < -0.3 is 20.1 Å². The van der Waals surface area contributed by atoms with Crippen LogP contribution in [-0.2, 0) is 0 Å². The van der Waals surface area contributed by atoms with E-state index in [2.05, 4.69) is 15.6 Å². The Morgan fingerprint density at radius 1 is 0.933 bits per heavy atom. The van der Waals surface area contributed by atoms with Gasteiger partial charge in [0.2, 0.25) is 0 Å². The number of aromatic nitrogens is 1. The van der Waals surface area contributed by atoms with Gasteiger partial charge in [-0.1, -0.05) is 0 Å². The highest BCUT2D eigenvalue weighted by molar-refractivity contribution is 5.86. The molecule has 1 aromatic heterocycles. The monoisotopic (exact) mass is 401 g/mol. The zero-order valence-electron chi connectivity index (χ0n) is 16.3.